The Kier molecular flexibility index (Phi) is 5.62. The average molecular weight is 274 g/mol. The number of nitrogens with zero attached hydrogens (tertiary/aromatic N) is 1. The topological polar surface area (TPSA) is 15.3 Å². The molecule has 1 aliphatic rings. The molecular formula is C18H30N2. The molecule has 2 heteroatoms. The second-order valence-electron chi connectivity index (χ2n) is 6.43. The van der Waals surface area contributed by atoms with Crippen LogP contribution in [0.15, 0.2) is 30.3 Å². The maximum absolute atomic E-state index is 3.72. The second-order valence-corrected chi connectivity index (χ2v) is 6.43. The van der Waals surface area contributed by atoms with Crippen LogP contribution in [0.3, 0.4) is 0 Å². The number of benzene rings is 1. The van der Waals surface area contributed by atoms with Crippen molar-refractivity contribution in [1.82, 2.24) is 10.2 Å². The smallest absolute Gasteiger partial charge is 0.0480 e. The fourth-order valence-corrected chi connectivity index (χ4v) is 3.44. The largest absolute Gasteiger partial charge is 0.309 e. The molecule has 2 nitrogen and oxygen atoms in total. The lowest BCUT2D eigenvalue weighted by Crippen LogP contribution is -2.52. The van der Waals surface area contributed by atoms with E-state index < -0.39 is 0 Å². The molecular weight excluding hydrogens is 244 g/mol. The Morgan fingerprint density at radius 1 is 1.20 bits per heavy atom. The van der Waals surface area contributed by atoms with Gasteiger partial charge < -0.3 is 5.32 Å². The molecule has 0 heterocycles. The van der Waals surface area contributed by atoms with Crippen molar-refractivity contribution in [2.75, 3.05) is 13.6 Å². The minimum Gasteiger partial charge on any atom is -0.309 e. The van der Waals surface area contributed by atoms with Crippen LogP contribution in [-0.2, 0) is 0 Å². The number of rotatable bonds is 7. The van der Waals surface area contributed by atoms with Crippen LogP contribution in [0, 0.1) is 5.92 Å². The first-order chi connectivity index (χ1) is 9.65. The van der Waals surface area contributed by atoms with Crippen LogP contribution >= 0.6 is 0 Å². The zero-order valence-electron chi connectivity index (χ0n) is 13.5. The maximum atomic E-state index is 3.72. The molecule has 0 amide bonds. The summed E-state index contributed by atoms with van der Waals surface area (Å²) in [4.78, 5) is 2.63. The summed E-state index contributed by atoms with van der Waals surface area (Å²) in [6.45, 7) is 7.93. The fraction of sp³-hybridized carbons (Fsp3) is 0.667. The summed E-state index contributed by atoms with van der Waals surface area (Å²) in [6, 6.07) is 12.7. The van der Waals surface area contributed by atoms with Gasteiger partial charge in [0.05, 0.1) is 0 Å². The number of nitrogens with one attached hydrogen (secondary N) is 1. The number of hydrogen-bond donors (Lipinski definition) is 1. The monoisotopic (exact) mass is 274 g/mol. The van der Waals surface area contributed by atoms with E-state index in [1.165, 1.54) is 24.8 Å². The molecule has 20 heavy (non-hydrogen) atoms. The zero-order chi connectivity index (χ0) is 14.5. The van der Waals surface area contributed by atoms with Gasteiger partial charge in [-0.05, 0) is 37.9 Å². The van der Waals surface area contributed by atoms with Gasteiger partial charge in [-0.2, -0.15) is 0 Å². The molecule has 0 aromatic heterocycles. The number of likely N-dealkylation sites (N-methyl/N-ethyl adjacent to an activating group) is 2. The van der Waals surface area contributed by atoms with E-state index >= 15 is 0 Å². The molecule has 1 aliphatic carbocycles. The third-order valence-corrected chi connectivity index (χ3v) is 4.73. The Balaban J connectivity index is 2.22. The van der Waals surface area contributed by atoms with Crippen molar-refractivity contribution in [3.05, 3.63) is 35.9 Å². The third kappa shape index (κ3) is 3.42. The maximum Gasteiger partial charge on any atom is 0.0480 e. The van der Waals surface area contributed by atoms with E-state index in [1.54, 1.807) is 0 Å². The van der Waals surface area contributed by atoms with Gasteiger partial charge in [0.15, 0.2) is 0 Å². The molecule has 1 saturated carbocycles. The molecule has 0 aliphatic heterocycles. The van der Waals surface area contributed by atoms with Crippen LogP contribution in [0.4, 0.5) is 0 Å². The van der Waals surface area contributed by atoms with Gasteiger partial charge >= 0.3 is 0 Å². The highest BCUT2D eigenvalue weighted by molar-refractivity contribution is 5.21. The van der Waals surface area contributed by atoms with Crippen LogP contribution in [0.25, 0.3) is 0 Å². The van der Waals surface area contributed by atoms with Crippen molar-refractivity contribution in [2.24, 2.45) is 5.92 Å². The van der Waals surface area contributed by atoms with E-state index in [-0.39, 0.29) is 0 Å². The highest BCUT2D eigenvalue weighted by Crippen LogP contribution is 2.32. The first-order valence-corrected chi connectivity index (χ1v) is 8.15. The zero-order valence-corrected chi connectivity index (χ0v) is 13.5. The standard InChI is InChI=1S/C18H30N2/c1-5-19-17(15-10-7-6-8-11-15)18(14(2)3)20(4)16-12-9-13-16/h6-8,10-11,14,16-19H,5,9,12-13H2,1-4H3. The lowest BCUT2D eigenvalue weighted by molar-refractivity contribution is 0.0609. The van der Waals surface area contributed by atoms with E-state index in [2.05, 4.69) is 68.4 Å². The Morgan fingerprint density at radius 2 is 1.85 bits per heavy atom. The number of hydrogen-bond acceptors (Lipinski definition) is 2. The Labute approximate surface area is 124 Å². The van der Waals surface area contributed by atoms with E-state index in [9.17, 15) is 0 Å². The molecule has 1 fully saturated rings. The third-order valence-electron chi connectivity index (χ3n) is 4.73. The lowest BCUT2D eigenvalue weighted by atomic mass is 9.84. The minimum absolute atomic E-state index is 0.423. The molecule has 0 saturated heterocycles. The van der Waals surface area contributed by atoms with Crippen LogP contribution < -0.4 is 5.32 Å². The molecule has 1 N–H and O–H groups in total. The fourth-order valence-electron chi connectivity index (χ4n) is 3.44. The van der Waals surface area contributed by atoms with Crippen LogP contribution in [0.5, 0.6) is 0 Å². The molecule has 2 unspecified atom stereocenters. The van der Waals surface area contributed by atoms with Crippen molar-refractivity contribution in [1.29, 1.82) is 0 Å². The van der Waals surface area contributed by atoms with Gasteiger partial charge in [0.2, 0.25) is 0 Å². The molecule has 2 rings (SSSR count). The van der Waals surface area contributed by atoms with E-state index in [0.717, 1.165) is 12.6 Å². The predicted molar refractivity (Wildman–Crippen MR) is 86.9 cm³/mol. The molecule has 0 bridgehead atoms. The van der Waals surface area contributed by atoms with Gasteiger partial charge in [0, 0.05) is 18.1 Å². The highest BCUT2D eigenvalue weighted by Gasteiger charge is 2.34. The van der Waals surface area contributed by atoms with Gasteiger partial charge in [-0.15, -0.1) is 0 Å². The van der Waals surface area contributed by atoms with E-state index in [0.29, 0.717) is 18.0 Å². The second kappa shape index (κ2) is 7.24. The van der Waals surface area contributed by atoms with Gasteiger partial charge in [-0.3, -0.25) is 4.90 Å². The summed E-state index contributed by atoms with van der Waals surface area (Å²) in [5, 5.41) is 3.72. The first-order valence-electron chi connectivity index (χ1n) is 8.15. The summed E-state index contributed by atoms with van der Waals surface area (Å²) in [5.74, 6) is 0.643. The normalized spacial score (nSPS) is 19.1. The molecule has 0 spiro atoms. The summed E-state index contributed by atoms with van der Waals surface area (Å²) in [6.07, 6.45) is 4.14. The Hall–Kier alpha value is -0.860. The minimum atomic E-state index is 0.423. The van der Waals surface area contributed by atoms with Crippen molar-refractivity contribution < 1.29 is 0 Å². The average Bonchev–Trinajstić information content (AvgIpc) is 2.36. The highest BCUT2D eigenvalue weighted by atomic mass is 15.2. The molecule has 2 atom stereocenters. The Bertz CT molecular complexity index is 384. The Morgan fingerprint density at radius 3 is 2.30 bits per heavy atom. The van der Waals surface area contributed by atoms with Gasteiger partial charge in [0.25, 0.3) is 0 Å². The van der Waals surface area contributed by atoms with Crippen molar-refractivity contribution >= 4 is 0 Å². The summed E-state index contributed by atoms with van der Waals surface area (Å²) < 4.78 is 0. The van der Waals surface area contributed by atoms with Crippen molar-refractivity contribution in [3.63, 3.8) is 0 Å². The van der Waals surface area contributed by atoms with Gasteiger partial charge in [0.1, 0.15) is 0 Å². The van der Waals surface area contributed by atoms with E-state index in [1.807, 2.05) is 0 Å². The molecule has 1 aromatic rings. The summed E-state index contributed by atoms with van der Waals surface area (Å²) in [7, 11) is 2.32. The molecule has 1 aromatic carbocycles. The summed E-state index contributed by atoms with van der Waals surface area (Å²) >= 11 is 0. The lowest BCUT2D eigenvalue weighted by Gasteiger charge is -2.45. The van der Waals surface area contributed by atoms with Crippen LogP contribution in [-0.4, -0.2) is 30.6 Å². The van der Waals surface area contributed by atoms with Crippen molar-refractivity contribution in [3.8, 4) is 0 Å². The quantitative estimate of drug-likeness (QED) is 0.812. The summed E-state index contributed by atoms with van der Waals surface area (Å²) in [5.41, 5.74) is 1.42. The molecule has 0 radical (unpaired) electrons. The first kappa shape index (κ1) is 15.5. The van der Waals surface area contributed by atoms with Crippen LogP contribution in [0.1, 0.15) is 51.6 Å². The predicted octanol–water partition coefficient (Wildman–Crippen LogP) is 3.85. The van der Waals surface area contributed by atoms with E-state index in [4.69, 9.17) is 0 Å². The van der Waals surface area contributed by atoms with Crippen LogP contribution in [0.2, 0.25) is 0 Å². The van der Waals surface area contributed by atoms with Crippen molar-refractivity contribution in [2.45, 2.75) is 58.2 Å². The van der Waals surface area contributed by atoms with Gasteiger partial charge in [-0.25, -0.2) is 0 Å². The SMILES string of the molecule is CCNC(c1ccccc1)C(C(C)C)N(C)C1CCC1. The molecule has 112 valence electrons. The van der Waals surface area contributed by atoms with Gasteiger partial charge in [-0.1, -0.05) is 57.5 Å².